The highest BCUT2D eigenvalue weighted by atomic mass is 16.5. The van der Waals surface area contributed by atoms with Crippen LogP contribution in [-0.2, 0) is 6.42 Å². The van der Waals surface area contributed by atoms with Gasteiger partial charge in [-0.15, -0.1) is 0 Å². The average molecular weight is 164 g/mol. The fourth-order valence-electron chi connectivity index (χ4n) is 0.792. The molecule has 62 valence electrons. The van der Waals surface area contributed by atoms with Gasteiger partial charge in [-0.1, -0.05) is 6.92 Å². The molecule has 0 saturated heterocycles. The van der Waals surface area contributed by atoms with Crippen molar-refractivity contribution in [3.63, 3.8) is 0 Å². The first-order chi connectivity index (χ1) is 5.69. The zero-order valence-corrected chi connectivity index (χ0v) is 6.61. The molecule has 1 aromatic rings. The van der Waals surface area contributed by atoms with Gasteiger partial charge in [0.2, 0.25) is 5.69 Å². The van der Waals surface area contributed by atoms with E-state index >= 15 is 0 Å². The maximum Gasteiger partial charge on any atom is 0.312 e. The second kappa shape index (κ2) is 3.05. The number of rotatable bonds is 1. The lowest BCUT2D eigenvalue weighted by molar-refractivity contribution is -0.591. The van der Waals surface area contributed by atoms with Crippen LogP contribution < -0.4 is 10.5 Å². The van der Waals surface area contributed by atoms with E-state index in [-0.39, 0.29) is 11.5 Å². The largest absolute Gasteiger partial charge is 0.710 e. The quantitative estimate of drug-likeness (QED) is 0.457. The van der Waals surface area contributed by atoms with Crippen molar-refractivity contribution in [2.45, 2.75) is 13.3 Å². The van der Waals surface area contributed by atoms with Gasteiger partial charge in [-0.05, 0) is 6.42 Å². The SMILES string of the molecule is CCc1c[n+]([O-])c(N)c(C#N)n1. The van der Waals surface area contributed by atoms with Gasteiger partial charge in [-0.25, -0.2) is 9.71 Å². The van der Waals surface area contributed by atoms with Gasteiger partial charge < -0.3 is 5.21 Å². The number of nitrogens with zero attached hydrogens (tertiary/aromatic N) is 3. The molecular formula is C7H8N4O. The van der Waals surface area contributed by atoms with Crippen molar-refractivity contribution in [3.05, 3.63) is 22.8 Å². The third-order valence-corrected chi connectivity index (χ3v) is 1.47. The van der Waals surface area contributed by atoms with Crippen molar-refractivity contribution in [2.24, 2.45) is 0 Å². The molecule has 2 N–H and O–H groups in total. The van der Waals surface area contributed by atoms with E-state index < -0.39 is 0 Å². The fraction of sp³-hybridized carbons (Fsp3) is 0.286. The van der Waals surface area contributed by atoms with E-state index in [0.717, 1.165) is 0 Å². The van der Waals surface area contributed by atoms with Gasteiger partial charge in [-0.2, -0.15) is 5.26 Å². The molecule has 0 bridgehead atoms. The van der Waals surface area contributed by atoms with Crippen molar-refractivity contribution >= 4 is 5.82 Å². The highest BCUT2D eigenvalue weighted by molar-refractivity contribution is 5.38. The Morgan fingerprint density at radius 1 is 1.83 bits per heavy atom. The van der Waals surface area contributed by atoms with Crippen LogP contribution in [0.25, 0.3) is 0 Å². The summed E-state index contributed by atoms with van der Waals surface area (Å²) >= 11 is 0. The number of nitriles is 1. The maximum absolute atomic E-state index is 11.0. The second-order valence-electron chi connectivity index (χ2n) is 2.26. The van der Waals surface area contributed by atoms with E-state index in [1.54, 1.807) is 6.07 Å². The minimum atomic E-state index is -0.144. The normalized spacial score (nSPS) is 9.33. The Morgan fingerprint density at radius 3 is 3.00 bits per heavy atom. The number of aryl methyl sites for hydroxylation is 1. The Kier molecular flexibility index (Phi) is 2.10. The van der Waals surface area contributed by atoms with Crippen LogP contribution in [0.5, 0.6) is 0 Å². The van der Waals surface area contributed by atoms with Crippen LogP contribution >= 0.6 is 0 Å². The third kappa shape index (κ3) is 1.27. The van der Waals surface area contributed by atoms with Gasteiger partial charge >= 0.3 is 5.82 Å². The van der Waals surface area contributed by atoms with E-state index in [2.05, 4.69) is 4.98 Å². The van der Waals surface area contributed by atoms with Crippen molar-refractivity contribution in [1.29, 1.82) is 5.26 Å². The van der Waals surface area contributed by atoms with Gasteiger partial charge in [0.05, 0.1) is 5.69 Å². The maximum atomic E-state index is 11.0. The van der Waals surface area contributed by atoms with Gasteiger partial charge in [0.1, 0.15) is 12.3 Å². The Labute approximate surface area is 69.7 Å². The summed E-state index contributed by atoms with van der Waals surface area (Å²) in [4.78, 5) is 3.86. The lowest BCUT2D eigenvalue weighted by Gasteiger charge is -2.06. The van der Waals surface area contributed by atoms with Crippen LogP contribution in [0.1, 0.15) is 18.3 Å². The van der Waals surface area contributed by atoms with Gasteiger partial charge in [0.25, 0.3) is 0 Å². The molecule has 1 rings (SSSR count). The van der Waals surface area contributed by atoms with Gasteiger partial charge in [-0.3, -0.25) is 5.73 Å². The molecule has 1 aromatic heterocycles. The minimum absolute atomic E-state index is 0.00986. The van der Waals surface area contributed by atoms with E-state index in [4.69, 9.17) is 11.0 Å². The summed E-state index contributed by atoms with van der Waals surface area (Å²) in [6.45, 7) is 1.85. The molecule has 0 spiro atoms. The Bertz CT molecular complexity index is 342. The lowest BCUT2D eigenvalue weighted by atomic mass is 10.3. The predicted molar refractivity (Wildman–Crippen MR) is 41.7 cm³/mol. The summed E-state index contributed by atoms with van der Waals surface area (Å²) < 4.78 is 0.463. The molecule has 0 saturated carbocycles. The summed E-state index contributed by atoms with van der Waals surface area (Å²) in [7, 11) is 0. The molecule has 5 heteroatoms. The molecule has 0 atom stereocenters. The molecule has 0 amide bonds. The average Bonchev–Trinajstić information content (AvgIpc) is 2.09. The second-order valence-corrected chi connectivity index (χ2v) is 2.26. The molecule has 0 aliphatic rings. The van der Waals surface area contributed by atoms with Crippen LogP contribution in [0.15, 0.2) is 6.20 Å². The summed E-state index contributed by atoms with van der Waals surface area (Å²) in [5.74, 6) is -0.144. The Hall–Kier alpha value is -1.83. The summed E-state index contributed by atoms with van der Waals surface area (Å²) in [5, 5.41) is 19.5. The molecule has 0 aliphatic carbocycles. The van der Waals surface area contributed by atoms with Crippen LogP contribution in [0.3, 0.4) is 0 Å². The predicted octanol–water partition coefficient (Wildman–Crippen LogP) is -0.269. The molecule has 0 aromatic carbocycles. The van der Waals surface area contributed by atoms with E-state index in [1.165, 1.54) is 6.20 Å². The molecule has 5 nitrogen and oxygen atoms in total. The van der Waals surface area contributed by atoms with Crippen LogP contribution in [0, 0.1) is 16.5 Å². The molecule has 0 radical (unpaired) electrons. The monoisotopic (exact) mass is 164 g/mol. The fourth-order valence-corrected chi connectivity index (χ4v) is 0.792. The van der Waals surface area contributed by atoms with Crippen molar-refractivity contribution in [1.82, 2.24) is 4.98 Å². The summed E-state index contributed by atoms with van der Waals surface area (Å²) in [6.07, 6.45) is 1.88. The first-order valence-electron chi connectivity index (χ1n) is 3.47. The van der Waals surface area contributed by atoms with E-state index in [9.17, 15) is 5.21 Å². The highest BCUT2D eigenvalue weighted by Crippen LogP contribution is 2.02. The number of aromatic nitrogens is 2. The highest BCUT2D eigenvalue weighted by Gasteiger charge is 2.09. The molecule has 12 heavy (non-hydrogen) atoms. The number of hydrogen-bond acceptors (Lipinski definition) is 4. The number of hydrogen-bond donors (Lipinski definition) is 1. The zero-order valence-electron chi connectivity index (χ0n) is 6.61. The standard InChI is InChI=1S/C7H8N4O/c1-2-5-4-11(12)7(9)6(3-8)10-5/h4H,2,9H2,1H3. The first kappa shape index (κ1) is 8.27. The smallest absolute Gasteiger partial charge is 0.312 e. The van der Waals surface area contributed by atoms with Crippen molar-refractivity contribution in [2.75, 3.05) is 5.73 Å². The molecule has 0 fully saturated rings. The van der Waals surface area contributed by atoms with Crippen LogP contribution in [0.2, 0.25) is 0 Å². The van der Waals surface area contributed by atoms with Crippen LogP contribution in [0.4, 0.5) is 5.82 Å². The topological polar surface area (TPSA) is 89.6 Å². The summed E-state index contributed by atoms with van der Waals surface area (Å²) in [5.41, 5.74) is 5.84. The van der Waals surface area contributed by atoms with Crippen molar-refractivity contribution in [3.8, 4) is 6.07 Å². The third-order valence-electron chi connectivity index (χ3n) is 1.47. The zero-order chi connectivity index (χ0) is 9.14. The molecular weight excluding hydrogens is 156 g/mol. The van der Waals surface area contributed by atoms with Crippen molar-refractivity contribution < 1.29 is 4.73 Å². The lowest BCUT2D eigenvalue weighted by Crippen LogP contribution is -2.32. The number of anilines is 1. The van der Waals surface area contributed by atoms with E-state index in [1.807, 2.05) is 6.92 Å². The Morgan fingerprint density at radius 2 is 2.50 bits per heavy atom. The first-order valence-corrected chi connectivity index (χ1v) is 3.47. The summed E-state index contributed by atoms with van der Waals surface area (Å²) in [6, 6.07) is 1.75. The molecule has 0 aliphatic heterocycles. The molecule has 1 heterocycles. The number of nitrogen functional groups attached to an aromatic ring is 1. The Balaban J connectivity index is 3.31. The van der Waals surface area contributed by atoms with Crippen LogP contribution in [-0.4, -0.2) is 4.98 Å². The van der Waals surface area contributed by atoms with E-state index in [0.29, 0.717) is 16.8 Å². The minimum Gasteiger partial charge on any atom is -0.710 e. The number of nitrogens with two attached hydrogens (primary N) is 1. The molecule has 0 unspecified atom stereocenters. The van der Waals surface area contributed by atoms with Gasteiger partial charge in [0.15, 0.2) is 0 Å². The van der Waals surface area contributed by atoms with Gasteiger partial charge in [0, 0.05) is 0 Å².